The second kappa shape index (κ2) is 11.2. The van der Waals surface area contributed by atoms with Crippen LogP contribution in [0.15, 0.2) is 23.0 Å². The molecule has 0 bridgehead atoms. The van der Waals surface area contributed by atoms with Crippen molar-refractivity contribution in [2.24, 2.45) is 5.92 Å². The number of esters is 1. The summed E-state index contributed by atoms with van der Waals surface area (Å²) < 4.78 is 50.2. The molecule has 1 spiro atoms. The Hall–Kier alpha value is -1.87. The molecule has 0 saturated carbocycles. The van der Waals surface area contributed by atoms with Gasteiger partial charge in [-0.05, 0) is 45.4 Å². The van der Waals surface area contributed by atoms with Gasteiger partial charge >= 0.3 is 12.1 Å². The molecule has 192 valence electrons. The van der Waals surface area contributed by atoms with Crippen LogP contribution in [0, 0.1) is 5.92 Å². The van der Waals surface area contributed by atoms with Crippen molar-refractivity contribution >= 4 is 11.8 Å². The van der Waals surface area contributed by atoms with Gasteiger partial charge in [0.15, 0.2) is 5.78 Å². The van der Waals surface area contributed by atoms with Gasteiger partial charge in [0.25, 0.3) is 0 Å². The first-order valence-electron chi connectivity index (χ1n) is 12.3. The fourth-order valence-corrected chi connectivity index (χ4v) is 5.34. The number of unbranched alkanes of at least 4 members (excludes halogenated alkanes) is 2. The fourth-order valence-electron chi connectivity index (χ4n) is 5.34. The first kappa shape index (κ1) is 26.7. The van der Waals surface area contributed by atoms with Gasteiger partial charge in [0.2, 0.25) is 0 Å². The predicted octanol–water partition coefficient (Wildman–Crippen LogP) is 4.30. The molecule has 0 aromatic rings. The molecule has 0 amide bonds. The lowest BCUT2D eigenvalue weighted by Crippen LogP contribution is -2.47. The van der Waals surface area contributed by atoms with Crippen LogP contribution in [0.2, 0.25) is 0 Å². The van der Waals surface area contributed by atoms with E-state index in [1.165, 1.54) is 13.2 Å². The van der Waals surface area contributed by atoms with Crippen molar-refractivity contribution < 1.29 is 32.2 Å². The summed E-state index contributed by atoms with van der Waals surface area (Å²) in [5.41, 5.74) is 0.231. The van der Waals surface area contributed by atoms with Crippen LogP contribution in [-0.2, 0) is 19.1 Å². The molecule has 1 aliphatic carbocycles. The maximum Gasteiger partial charge on any atom is 0.395 e. The molecule has 2 unspecified atom stereocenters. The number of ether oxygens (including phenoxy) is 2. The molecule has 2 atom stereocenters. The van der Waals surface area contributed by atoms with Gasteiger partial charge < -0.3 is 19.7 Å². The zero-order chi connectivity index (χ0) is 24.9. The number of carbonyl (C=O) groups excluding carboxylic acids is 2. The molecule has 0 aromatic carbocycles. The molecule has 2 aliphatic heterocycles. The van der Waals surface area contributed by atoms with E-state index in [9.17, 15) is 22.8 Å². The molecule has 6 nitrogen and oxygen atoms in total. The number of hydrogen-bond donors (Lipinski definition) is 1. The second-order valence-corrected chi connectivity index (χ2v) is 9.63. The number of ketones is 1. The Bertz CT molecular complexity index is 813. The van der Waals surface area contributed by atoms with Crippen molar-refractivity contribution in [3.8, 4) is 0 Å². The van der Waals surface area contributed by atoms with Crippen molar-refractivity contribution in [2.75, 3.05) is 33.3 Å². The summed E-state index contributed by atoms with van der Waals surface area (Å²) in [6, 6.07) is -0.281. The lowest BCUT2D eigenvalue weighted by Gasteiger charge is -2.39. The molecule has 9 heteroatoms. The van der Waals surface area contributed by atoms with E-state index < -0.39 is 17.7 Å². The lowest BCUT2D eigenvalue weighted by molar-refractivity contribution is -0.166. The zero-order valence-corrected chi connectivity index (χ0v) is 20.4. The molecule has 2 heterocycles. The first-order valence-corrected chi connectivity index (χ1v) is 12.3. The smallest absolute Gasteiger partial charge is 0.395 e. The standard InChI is InChI=1S/C25H37F3N2O4/c1-4-30-12-9-24(10-13-30)22(17(2)23(32)34-24)21(31)8-6-5-7-11-29-19-14-18(25(26,27)28)15-20(16-19)33-3/h15,18-19,29H,4-14,16H2,1-3H3. The molecular weight excluding hydrogens is 449 g/mol. The van der Waals surface area contributed by atoms with Crippen LogP contribution in [0.5, 0.6) is 0 Å². The summed E-state index contributed by atoms with van der Waals surface area (Å²) in [6.07, 6.45) is 1.20. The minimum Gasteiger partial charge on any atom is -0.501 e. The summed E-state index contributed by atoms with van der Waals surface area (Å²) in [6.45, 7) is 6.90. The van der Waals surface area contributed by atoms with Gasteiger partial charge in [-0.2, -0.15) is 13.2 Å². The third-order valence-corrected chi connectivity index (χ3v) is 7.38. The van der Waals surface area contributed by atoms with E-state index in [0.717, 1.165) is 32.5 Å². The number of carbonyl (C=O) groups is 2. The molecule has 34 heavy (non-hydrogen) atoms. The number of Topliss-reactive ketones (excluding diaryl/α,β-unsaturated/α-hetero) is 1. The summed E-state index contributed by atoms with van der Waals surface area (Å²) in [5, 5.41) is 3.22. The number of piperidine rings is 1. The van der Waals surface area contributed by atoms with Crippen LogP contribution in [0.3, 0.4) is 0 Å². The van der Waals surface area contributed by atoms with E-state index in [1.807, 2.05) is 0 Å². The normalized spacial score (nSPS) is 25.5. The molecule has 1 fully saturated rings. The van der Waals surface area contributed by atoms with Crippen molar-refractivity contribution in [1.82, 2.24) is 10.2 Å². The molecule has 1 saturated heterocycles. The van der Waals surface area contributed by atoms with E-state index >= 15 is 0 Å². The summed E-state index contributed by atoms with van der Waals surface area (Å²) in [4.78, 5) is 27.6. The molecular formula is C25H37F3N2O4. The van der Waals surface area contributed by atoms with E-state index in [-0.39, 0.29) is 24.2 Å². The molecule has 0 aromatic heterocycles. The Labute approximate surface area is 199 Å². The van der Waals surface area contributed by atoms with E-state index in [2.05, 4.69) is 17.1 Å². The number of rotatable bonds is 10. The quantitative estimate of drug-likeness (QED) is 0.367. The average molecular weight is 487 g/mol. The van der Waals surface area contributed by atoms with Gasteiger partial charge in [-0.25, -0.2) is 4.79 Å². The van der Waals surface area contributed by atoms with Gasteiger partial charge in [0.05, 0.1) is 18.8 Å². The van der Waals surface area contributed by atoms with Crippen molar-refractivity contribution in [1.29, 1.82) is 0 Å². The number of nitrogens with zero attached hydrogens (tertiary/aromatic N) is 1. The Morgan fingerprint density at radius 1 is 1.26 bits per heavy atom. The fraction of sp³-hybridized carbons (Fsp3) is 0.760. The van der Waals surface area contributed by atoms with Gasteiger partial charge in [0, 0.05) is 56.0 Å². The molecule has 3 aliphatic rings. The van der Waals surface area contributed by atoms with Gasteiger partial charge in [-0.15, -0.1) is 0 Å². The van der Waals surface area contributed by atoms with E-state index in [1.54, 1.807) is 6.92 Å². The van der Waals surface area contributed by atoms with Crippen LogP contribution in [-0.4, -0.2) is 67.8 Å². The predicted molar refractivity (Wildman–Crippen MR) is 122 cm³/mol. The van der Waals surface area contributed by atoms with Crippen LogP contribution in [0.1, 0.15) is 65.2 Å². The average Bonchev–Trinajstić information content (AvgIpc) is 3.04. The third-order valence-electron chi connectivity index (χ3n) is 7.38. The zero-order valence-electron chi connectivity index (χ0n) is 20.4. The van der Waals surface area contributed by atoms with Crippen molar-refractivity contribution in [2.45, 2.75) is 83.0 Å². The van der Waals surface area contributed by atoms with Crippen molar-refractivity contribution in [3.05, 3.63) is 23.0 Å². The number of likely N-dealkylation sites (tertiary alicyclic amines) is 1. The van der Waals surface area contributed by atoms with Crippen molar-refractivity contribution in [3.63, 3.8) is 0 Å². The SMILES string of the molecule is CCN1CCC2(CC1)OC(=O)C(C)=C2C(=O)CCCCCNC1CC(OC)=CC(C(F)(F)F)C1. The van der Waals surface area contributed by atoms with Gasteiger partial charge in [0.1, 0.15) is 5.60 Å². The Kier molecular flexibility index (Phi) is 8.84. The van der Waals surface area contributed by atoms with Crippen LogP contribution >= 0.6 is 0 Å². The highest BCUT2D eigenvalue weighted by atomic mass is 19.4. The molecule has 1 N–H and O–H groups in total. The summed E-state index contributed by atoms with van der Waals surface area (Å²) in [5.74, 6) is -1.52. The highest BCUT2D eigenvalue weighted by Gasteiger charge is 2.50. The number of halogens is 3. The van der Waals surface area contributed by atoms with Crippen LogP contribution in [0.4, 0.5) is 13.2 Å². The number of nitrogens with one attached hydrogen (secondary N) is 1. The first-order chi connectivity index (χ1) is 16.1. The Morgan fingerprint density at radius 3 is 2.59 bits per heavy atom. The molecule has 0 radical (unpaired) electrons. The van der Waals surface area contributed by atoms with Crippen LogP contribution < -0.4 is 5.32 Å². The van der Waals surface area contributed by atoms with Gasteiger partial charge in [-0.1, -0.05) is 13.3 Å². The number of hydrogen-bond acceptors (Lipinski definition) is 6. The monoisotopic (exact) mass is 486 g/mol. The molecule has 3 rings (SSSR count). The third kappa shape index (κ3) is 6.22. The maximum atomic E-state index is 13.1. The highest BCUT2D eigenvalue weighted by Crippen LogP contribution is 2.42. The number of allylic oxidation sites excluding steroid dienone is 1. The van der Waals surface area contributed by atoms with E-state index in [4.69, 9.17) is 9.47 Å². The topological polar surface area (TPSA) is 67.9 Å². The Morgan fingerprint density at radius 2 is 1.97 bits per heavy atom. The largest absolute Gasteiger partial charge is 0.501 e. The minimum absolute atomic E-state index is 0.00779. The minimum atomic E-state index is -4.27. The number of alkyl halides is 3. The number of methoxy groups -OCH3 is 1. The Balaban J connectivity index is 1.43. The lowest BCUT2D eigenvalue weighted by atomic mass is 9.80. The second-order valence-electron chi connectivity index (χ2n) is 9.63. The van der Waals surface area contributed by atoms with Gasteiger partial charge in [-0.3, -0.25) is 4.79 Å². The van der Waals surface area contributed by atoms with Crippen LogP contribution in [0.25, 0.3) is 0 Å². The maximum absolute atomic E-state index is 13.1. The summed E-state index contributed by atoms with van der Waals surface area (Å²) in [7, 11) is 1.40. The van der Waals surface area contributed by atoms with E-state index in [0.29, 0.717) is 55.6 Å². The highest BCUT2D eigenvalue weighted by molar-refractivity contribution is 6.08. The summed E-state index contributed by atoms with van der Waals surface area (Å²) >= 11 is 0.